The van der Waals surface area contributed by atoms with Crippen LogP contribution in [0.15, 0.2) is 22.8 Å². The fourth-order valence-corrected chi connectivity index (χ4v) is 2.99. The van der Waals surface area contributed by atoms with Crippen molar-refractivity contribution in [3.8, 4) is 0 Å². The van der Waals surface area contributed by atoms with E-state index in [-0.39, 0.29) is 12.3 Å². The number of carbonyl (C=O) groups excluding carboxylic acids is 1. The molecule has 0 saturated carbocycles. The van der Waals surface area contributed by atoms with Gasteiger partial charge in [-0.05, 0) is 48.5 Å². The Balaban J connectivity index is 2.39. The van der Waals surface area contributed by atoms with Crippen LogP contribution in [0.4, 0.5) is 10.6 Å². The summed E-state index contributed by atoms with van der Waals surface area (Å²) in [5.74, 6) is 0.484. The van der Waals surface area contributed by atoms with Crippen LogP contribution in [0.25, 0.3) is 0 Å². The molecule has 1 aliphatic rings. The molecule has 0 radical (unpaired) electrons. The molecule has 2 heterocycles. The standard InChI is InChI=1S/C14H19BrN4O3/c1-10(20)14(16-2)9-18(6-3-7-19(14)13(21)22)12-5-4-11(15)8-17-12/h4-5,8,16H,3,6-7,9H2,1-2H3,(H,21,22). The van der Waals surface area contributed by atoms with Gasteiger partial charge in [-0.15, -0.1) is 0 Å². The van der Waals surface area contributed by atoms with Gasteiger partial charge in [0.25, 0.3) is 0 Å². The van der Waals surface area contributed by atoms with E-state index in [1.807, 2.05) is 17.0 Å². The predicted molar refractivity (Wildman–Crippen MR) is 86.0 cm³/mol. The zero-order chi connectivity index (χ0) is 16.3. The van der Waals surface area contributed by atoms with Gasteiger partial charge in [0.1, 0.15) is 5.82 Å². The van der Waals surface area contributed by atoms with Crippen LogP contribution in [0.2, 0.25) is 0 Å². The molecule has 0 aliphatic carbocycles. The molecule has 1 unspecified atom stereocenters. The first-order valence-electron chi connectivity index (χ1n) is 6.98. The molecular formula is C14H19BrN4O3. The average Bonchev–Trinajstić information content (AvgIpc) is 2.68. The summed E-state index contributed by atoms with van der Waals surface area (Å²) in [6.45, 7) is 2.56. The Labute approximate surface area is 137 Å². The van der Waals surface area contributed by atoms with E-state index >= 15 is 0 Å². The highest BCUT2D eigenvalue weighted by Crippen LogP contribution is 2.24. The maximum atomic E-state index is 12.2. The van der Waals surface area contributed by atoms with Gasteiger partial charge in [-0.25, -0.2) is 9.78 Å². The van der Waals surface area contributed by atoms with Gasteiger partial charge in [0.05, 0.1) is 6.54 Å². The van der Waals surface area contributed by atoms with Crippen molar-refractivity contribution in [3.63, 3.8) is 0 Å². The fourth-order valence-electron chi connectivity index (χ4n) is 2.75. The number of ketones is 1. The van der Waals surface area contributed by atoms with E-state index in [1.54, 1.807) is 13.2 Å². The van der Waals surface area contributed by atoms with Crippen molar-refractivity contribution in [2.75, 3.05) is 31.6 Å². The van der Waals surface area contributed by atoms with Gasteiger partial charge in [0.2, 0.25) is 0 Å². The molecule has 2 N–H and O–H groups in total. The van der Waals surface area contributed by atoms with Crippen LogP contribution in [0.5, 0.6) is 0 Å². The highest BCUT2D eigenvalue weighted by molar-refractivity contribution is 9.10. The van der Waals surface area contributed by atoms with E-state index in [0.717, 1.165) is 10.3 Å². The average molecular weight is 371 g/mol. The molecule has 0 bridgehead atoms. The molecule has 0 spiro atoms. The lowest BCUT2D eigenvalue weighted by Gasteiger charge is -2.40. The Kier molecular flexibility index (Phi) is 5.02. The number of rotatable bonds is 3. The lowest BCUT2D eigenvalue weighted by atomic mass is 10.0. The van der Waals surface area contributed by atoms with Crippen LogP contribution in [0.3, 0.4) is 0 Å². The van der Waals surface area contributed by atoms with Gasteiger partial charge in [0.15, 0.2) is 11.4 Å². The van der Waals surface area contributed by atoms with E-state index in [0.29, 0.717) is 19.5 Å². The minimum absolute atomic E-state index is 0.222. The second kappa shape index (κ2) is 6.62. The first kappa shape index (κ1) is 16.7. The summed E-state index contributed by atoms with van der Waals surface area (Å²) in [5.41, 5.74) is -1.27. The maximum absolute atomic E-state index is 12.2. The molecule has 1 amide bonds. The van der Waals surface area contributed by atoms with Crippen LogP contribution >= 0.6 is 15.9 Å². The third-order valence-electron chi connectivity index (χ3n) is 3.95. The van der Waals surface area contributed by atoms with Crippen molar-refractivity contribution >= 4 is 33.6 Å². The predicted octanol–water partition coefficient (Wildman–Crippen LogP) is 1.54. The molecule has 1 aromatic rings. The summed E-state index contributed by atoms with van der Waals surface area (Å²) in [4.78, 5) is 31.3. The van der Waals surface area contributed by atoms with Crippen molar-refractivity contribution in [2.45, 2.75) is 19.0 Å². The molecule has 120 valence electrons. The lowest BCUT2D eigenvalue weighted by Crippen LogP contribution is -2.67. The molecular weight excluding hydrogens is 352 g/mol. The van der Waals surface area contributed by atoms with Crippen LogP contribution in [0.1, 0.15) is 13.3 Å². The Hall–Kier alpha value is -1.67. The molecule has 1 saturated heterocycles. The third-order valence-corrected chi connectivity index (χ3v) is 4.42. The zero-order valence-electron chi connectivity index (χ0n) is 12.5. The summed E-state index contributed by atoms with van der Waals surface area (Å²) in [7, 11) is 1.61. The van der Waals surface area contributed by atoms with Gasteiger partial charge in [-0.1, -0.05) is 0 Å². The van der Waals surface area contributed by atoms with Crippen molar-refractivity contribution < 1.29 is 14.7 Å². The quantitative estimate of drug-likeness (QED) is 0.839. The normalized spacial score (nSPS) is 22.3. The minimum atomic E-state index is -1.27. The summed E-state index contributed by atoms with van der Waals surface area (Å²) in [6.07, 6.45) is 1.21. The first-order valence-corrected chi connectivity index (χ1v) is 7.77. The summed E-state index contributed by atoms with van der Waals surface area (Å²) < 4.78 is 0.865. The van der Waals surface area contributed by atoms with Gasteiger partial charge in [0, 0.05) is 23.8 Å². The summed E-state index contributed by atoms with van der Waals surface area (Å²) >= 11 is 3.34. The molecule has 2 rings (SSSR count). The molecule has 1 atom stereocenters. The van der Waals surface area contributed by atoms with Crippen LogP contribution in [-0.2, 0) is 4.79 Å². The van der Waals surface area contributed by atoms with Gasteiger partial charge >= 0.3 is 6.09 Å². The Morgan fingerprint density at radius 3 is 2.64 bits per heavy atom. The Morgan fingerprint density at radius 1 is 1.41 bits per heavy atom. The van der Waals surface area contributed by atoms with Gasteiger partial charge in [-0.3, -0.25) is 15.0 Å². The van der Waals surface area contributed by atoms with E-state index in [1.165, 1.54) is 11.8 Å². The first-order chi connectivity index (χ1) is 10.4. The highest BCUT2D eigenvalue weighted by Gasteiger charge is 2.46. The monoisotopic (exact) mass is 370 g/mol. The lowest BCUT2D eigenvalue weighted by molar-refractivity contribution is -0.129. The maximum Gasteiger partial charge on any atom is 0.409 e. The number of pyridine rings is 1. The van der Waals surface area contributed by atoms with Crippen molar-refractivity contribution in [3.05, 3.63) is 22.8 Å². The van der Waals surface area contributed by atoms with Crippen LogP contribution in [-0.4, -0.2) is 59.2 Å². The summed E-state index contributed by atoms with van der Waals surface area (Å²) in [6, 6.07) is 3.72. The van der Waals surface area contributed by atoms with Gasteiger partial charge < -0.3 is 10.0 Å². The molecule has 1 fully saturated rings. The summed E-state index contributed by atoms with van der Waals surface area (Å²) in [5, 5.41) is 12.4. The molecule has 1 aromatic heterocycles. The smallest absolute Gasteiger partial charge is 0.409 e. The Bertz CT molecular complexity index is 566. The number of nitrogens with one attached hydrogen (secondary N) is 1. The number of aromatic nitrogens is 1. The number of carboxylic acid groups (broad SMARTS) is 1. The number of anilines is 1. The SMILES string of the molecule is CNC1(C(C)=O)CN(c2ccc(Br)cn2)CCCN1C(=O)O. The number of amides is 1. The van der Waals surface area contributed by atoms with E-state index in [9.17, 15) is 14.7 Å². The van der Waals surface area contributed by atoms with E-state index in [4.69, 9.17) is 0 Å². The zero-order valence-corrected chi connectivity index (χ0v) is 14.1. The van der Waals surface area contributed by atoms with E-state index < -0.39 is 11.8 Å². The second-order valence-electron chi connectivity index (χ2n) is 5.21. The fraction of sp³-hybridized carbons (Fsp3) is 0.500. The van der Waals surface area contributed by atoms with Crippen molar-refractivity contribution in [2.24, 2.45) is 0 Å². The van der Waals surface area contributed by atoms with Crippen molar-refractivity contribution in [1.29, 1.82) is 0 Å². The molecule has 7 nitrogen and oxygen atoms in total. The number of likely N-dealkylation sites (N-methyl/N-ethyl adjacent to an activating group) is 1. The number of nitrogens with zero attached hydrogens (tertiary/aromatic N) is 3. The number of hydrogen-bond donors (Lipinski definition) is 2. The second-order valence-corrected chi connectivity index (χ2v) is 6.13. The minimum Gasteiger partial charge on any atom is -0.465 e. The molecule has 8 heteroatoms. The third kappa shape index (κ3) is 3.07. The Morgan fingerprint density at radius 2 is 2.14 bits per heavy atom. The van der Waals surface area contributed by atoms with Crippen molar-refractivity contribution in [1.82, 2.24) is 15.2 Å². The number of hydrogen-bond acceptors (Lipinski definition) is 5. The van der Waals surface area contributed by atoms with Gasteiger partial charge in [-0.2, -0.15) is 0 Å². The molecule has 1 aliphatic heterocycles. The largest absolute Gasteiger partial charge is 0.465 e. The molecule has 22 heavy (non-hydrogen) atoms. The van der Waals surface area contributed by atoms with E-state index in [2.05, 4.69) is 26.2 Å². The van der Waals surface area contributed by atoms with Crippen LogP contribution < -0.4 is 10.2 Å². The van der Waals surface area contributed by atoms with Crippen LogP contribution in [0, 0.1) is 0 Å². The topological polar surface area (TPSA) is 85.8 Å². The molecule has 0 aromatic carbocycles. The number of carbonyl (C=O) groups is 2. The number of halogens is 1. The highest BCUT2D eigenvalue weighted by atomic mass is 79.9. The number of Topliss-reactive ketones (excluding diaryl/α,β-unsaturated/α-hetero) is 1.